The van der Waals surface area contributed by atoms with Crippen LogP contribution in [-0.2, 0) is 9.53 Å². The molecule has 0 aromatic carbocycles. The number of halogens is 11. The zero-order valence-corrected chi connectivity index (χ0v) is 12.6. The summed E-state index contributed by atoms with van der Waals surface area (Å²) in [5, 5.41) is 9.17. The smallest absolute Gasteiger partial charge is 0.438 e. The van der Waals surface area contributed by atoms with Crippen LogP contribution in [0.5, 0.6) is 0 Å². The van der Waals surface area contributed by atoms with E-state index in [1.165, 1.54) is 0 Å². The lowest BCUT2D eigenvalue weighted by Gasteiger charge is -2.40. The van der Waals surface area contributed by atoms with Crippen LogP contribution < -0.4 is 0 Å². The minimum absolute atomic E-state index is 0.771. The normalized spacial score (nSPS) is 15.6. The Hall–Kier alpha value is -1.60. The Labute approximate surface area is 138 Å². The Kier molecular flexibility index (Phi) is 6.75. The lowest BCUT2D eigenvalue weighted by Crippen LogP contribution is -2.70. The molecule has 0 aromatic rings. The van der Waals surface area contributed by atoms with E-state index < -0.39 is 60.4 Å². The molecule has 26 heavy (non-hydrogen) atoms. The number of aliphatic hydroxyl groups is 1. The Morgan fingerprint density at radius 2 is 1.35 bits per heavy atom. The standard InChI is InChI=1S/C12H11F11O3/c1-5(7(25)26-2)3-6(24)4-8(13,14)10(16,17)9(15,11(18,19)20)12(21,22)23/h6,24H,1,3-4H2,2H3. The van der Waals surface area contributed by atoms with Crippen LogP contribution in [0, 0.1) is 0 Å². The maximum absolute atomic E-state index is 13.4. The minimum atomic E-state index is -7.59. The molecule has 154 valence electrons. The fourth-order valence-electron chi connectivity index (χ4n) is 1.78. The number of rotatable bonds is 7. The fourth-order valence-corrected chi connectivity index (χ4v) is 1.78. The Morgan fingerprint density at radius 1 is 0.962 bits per heavy atom. The van der Waals surface area contributed by atoms with E-state index in [0.717, 1.165) is 7.11 Å². The summed E-state index contributed by atoms with van der Waals surface area (Å²) in [6.45, 7) is 2.88. The third-order valence-corrected chi connectivity index (χ3v) is 3.12. The molecular weight excluding hydrogens is 401 g/mol. The van der Waals surface area contributed by atoms with Gasteiger partial charge in [0, 0.05) is 18.4 Å². The maximum Gasteiger partial charge on any atom is 0.438 e. The predicted octanol–water partition coefficient (Wildman–Crippen LogP) is 3.96. The van der Waals surface area contributed by atoms with Gasteiger partial charge in [-0.25, -0.2) is 9.18 Å². The highest BCUT2D eigenvalue weighted by molar-refractivity contribution is 5.87. The van der Waals surface area contributed by atoms with Gasteiger partial charge in [0.25, 0.3) is 0 Å². The van der Waals surface area contributed by atoms with E-state index in [1.54, 1.807) is 0 Å². The van der Waals surface area contributed by atoms with Gasteiger partial charge in [0.05, 0.1) is 13.2 Å². The van der Waals surface area contributed by atoms with Crippen molar-refractivity contribution in [3.8, 4) is 0 Å². The second-order valence-electron chi connectivity index (χ2n) is 5.09. The number of hydrogen-bond donors (Lipinski definition) is 1. The number of aliphatic hydroxyl groups excluding tert-OH is 1. The van der Waals surface area contributed by atoms with Crippen LogP contribution in [0.25, 0.3) is 0 Å². The van der Waals surface area contributed by atoms with Crippen LogP contribution >= 0.6 is 0 Å². The molecule has 0 fully saturated rings. The summed E-state index contributed by atoms with van der Waals surface area (Å²) in [5.74, 6) is -14.9. The Bertz CT molecular complexity index is 522. The Balaban J connectivity index is 5.79. The van der Waals surface area contributed by atoms with Gasteiger partial charge in [0.1, 0.15) is 0 Å². The average molecular weight is 412 g/mol. The maximum atomic E-state index is 13.4. The zero-order valence-electron chi connectivity index (χ0n) is 12.6. The van der Waals surface area contributed by atoms with Crippen LogP contribution in [0.3, 0.4) is 0 Å². The van der Waals surface area contributed by atoms with E-state index in [2.05, 4.69) is 11.3 Å². The highest BCUT2D eigenvalue weighted by Crippen LogP contribution is 2.59. The van der Waals surface area contributed by atoms with Crippen LogP contribution in [0.1, 0.15) is 12.8 Å². The van der Waals surface area contributed by atoms with Gasteiger partial charge in [0.2, 0.25) is 0 Å². The second kappa shape index (κ2) is 7.19. The summed E-state index contributed by atoms with van der Waals surface area (Å²) < 4.78 is 145. The SMILES string of the molecule is C=C(CC(O)CC(F)(F)C(F)(F)C(F)(C(F)(F)F)C(F)(F)F)C(=O)OC. The van der Waals surface area contributed by atoms with Crippen molar-refractivity contribution in [1.82, 2.24) is 0 Å². The summed E-state index contributed by atoms with van der Waals surface area (Å²) >= 11 is 0. The summed E-state index contributed by atoms with van der Waals surface area (Å²) in [7, 11) is 0.771. The second-order valence-corrected chi connectivity index (χ2v) is 5.09. The zero-order chi connectivity index (χ0) is 21.4. The third kappa shape index (κ3) is 4.20. The van der Waals surface area contributed by atoms with Crippen molar-refractivity contribution < 1.29 is 62.9 Å². The molecule has 0 amide bonds. The number of methoxy groups -OCH3 is 1. The first kappa shape index (κ1) is 24.4. The van der Waals surface area contributed by atoms with Gasteiger partial charge in [-0.2, -0.15) is 43.9 Å². The fraction of sp³-hybridized carbons (Fsp3) is 0.750. The van der Waals surface area contributed by atoms with E-state index in [4.69, 9.17) is 5.11 Å². The van der Waals surface area contributed by atoms with E-state index >= 15 is 0 Å². The third-order valence-electron chi connectivity index (χ3n) is 3.12. The van der Waals surface area contributed by atoms with Crippen molar-refractivity contribution in [3.63, 3.8) is 0 Å². The van der Waals surface area contributed by atoms with Gasteiger partial charge in [0.15, 0.2) is 0 Å². The van der Waals surface area contributed by atoms with Crippen LogP contribution in [0.15, 0.2) is 12.2 Å². The molecule has 0 aliphatic rings. The highest BCUT2D eigenvalue weighted by atomic mass is 19.4. The van der Waals surface area contributed by atoms with Crippen LogP contribution in [-0.4, -0.2) is 54.2 Å². The van der Waals surface area contributed by atoms with Gasteiger partial charge in [-0.05, 0) is 0 Å². The molecule has 0 spiro atoms. The molecule has 0 heterocycles. The molecule has 0 saturated carbocycles. The minimum Gasteiger partial charge on any atom is -0.466 e. The molecule has 1 N–H and O–H groups in total. The van der Waals surface area contributed by atoms with Crippen LogP contribution in [0.4, 0.5) is 48.3 Å². The quantitative estimate of drug-likeness (QED) is 0.391. The number of alkyl halides is 11. The molecule has 0 bridgehead atoms. The summed E-state index contributed by atoms with van der Waals surface area (Å²) in [5.41, 5.74) is -8.38. The predicted molar refractivity (Wildman–Crippen MR) is 62.2 cm³/mol. The first-order valence-corrected chi connectivity index (χ1v) is 6.28. The molecular formula is C12H11F11O3. The van der Waals surface area contributed by atoms with E-state index in [1.807, 2.05) is 0 Å². The van der Waals surface area contributed by atoms with Gasteiger partial charge < -0.3 is 9.84 Å². The first-order chi connectivity index (χ1) is 11.3. The van der Waals surface area contributed by atoms with Crippen molar-refractivity contribution in [2.24, 2.45) is 0 Å². The topological polar surface area (TPSA) is 46.5 Å². The van der Waals surface area contributed by atoms with Crippen molar-refractivity contribution in [1.29, 1.82) is 0 Å². The Morgan fingerprint density at radius 3 is 1.65 bits per heavy atom. The molecule has 0 aliphatic heterocycles. The number of hydrogen-bond acceptors (Lipinski definition) is 3. The van der Waals surface area contributed by atoms with Gasteiger partial charge in [-0.15, -0.1) is 0 Å². The average Bonchev–Trinajstić information content (AvgIpc) is 2.41. The van der Waals surface area contributed by atoms with Crippen molar-refractivity contribution >= 4 is 5.97 Å². The molecule has 0 radical (unpaired) electrons. The van der Waals surface area contributed by atoms with Gasteiger partial charge in [-0.3, -0.25) is 0 Å². The summed E-state index contributed by atoms with van der Waals surface area (Å²) in [6, 6.07) is 0. The lowest BCUT2D eigenvalue weighted by atomic mass is 9.87. The van der Waals surface area contributed by atoms with E-state index in [-0.39, 0.29) is 0 Å². The molecule has 0 aliphatic carbocycles. The number of carbonyl (C=O) groups excluding carboxylic acids is 1. The van der Waals surface area contributed by atoms with Gasteiger partial charge >= 0.3 is 35.8 Å². The molecule has 1 atom stereocenters. The number of carbonyl (C=O) groups is 1. The van der Waals surface area contributed by atoms with E-state index in [9.17, 15) is 53.1 Å². The molecule has 14 heteroatoms. The van der Waals surface area contributed by atoms with E-state index in [0.29, 0.717) is 0 Å². The number of esters is 1. The molecule has 1 unspecified atom stereocenters. The lowest BCUT2D eigenvalue weighted by molar-refractivity contribution is -0.428. The van der Waals surface area contributed by atoms with Crippen molar-refractivity contribution in [2.45, 2.75) is 48.8 Å². The molecule has 0 saturated heterocycles. The van der Waals surface area contributed by atoms with Crippen molar-refractivity contribution in [3.05, 3.63) is 12.2 Å². The molecule has 0 rings (SSSR count). The number of ether oxygens (including phenoxy) is 1. The van der Waals surface area contributed by atoms with Crippen molar-refractivity contribution in [2.75, 3.05) is 7.11 Å². The first-order valence-electron chi connectivity index (χ1n) is 6.28. The highest BCUT2D eigenvalue weighted by Gasteiger charge is 2.89. The molecule has 3 nitrogen and oxygen atoms in total. The summed E-state index contributed by atoms with van der Waals surface area (Å²) in [6.07, 6.45) is -21.6. The molecule has 0 aromatic heterocycles. The van der Waals surface area contributed by atoms with Crippen LogP contribution in [0.2, 0.25) is 0 Å². The van der Waals surface area contributed by atoms with Gasteiger partial charge in [-0.1, -0.05) is 6.58 Å². The monoisotopic (exact) mass is 412 g/mol. The summed E-state index contributed by atoms with van der Waals surface area (Å²) in [4.78, 5) is 10.9. The largest absolute Gasteiger partial charge is 0.466 e.